The minimum atomic E-state index is 0.644. The summed E-state index contributed by atoms with van der Waals surface area (Å²) in [5.41, 5.74) is 4.57. The number of hydrogen-bond acceptors (Lipinski definition) is 3. The lowest BCUT2D eigenvalue weighted by atomic mass is 10.1. The molecule has 0 bridgehead atoms. The molecule has 1 aromatic heterocycles. The van der Waals surface area contributed by atoms with Crippen LogP contribution in [0.5, 0.6) is 11.6 Å². The quantitative estimate of drug-likeness (QED) is 0.908. The van der Waals surface area contributed by atoms with Crippen LogP contribution in [-0.2, 0) is 6.54 Å². The van der Waals surface area contributed by atoms with Crippen molar-refractivity contribution in [3.8, 4) is 11.6 Å². The van der Waals surface area contributed by atoms with E-state index >= 15 is 0 Å². The van der Waals surface area contributed by atoms with E-state index in [0.717, 1.165) is 23.6 Å². The monoisotopic (exact) mass is 256 g/mol. The zero-order chi connectivity index (χ0) is 13.8. The molecule has 1 N–H and O–H groups in total. The topological polar surface area (TPSA) is 34.1 Å². The Morgan fingerprint density at radius 2 is 1.89 bits per heavy atom. The van der Waals surface area contributed by atoms with Gasteiger partial charge < -0.3 is 10.1 Å². The first-order valence-electron chi connectivity index (χ1n) is 6.47. The van der Waals surface area contributed by atoms with Gasteiger partial charge in [0.1, 0.15) is 5.75 Å². The van der Waals surface area contributed by atoms with Gasteiger partial charge in [0.15, 0.2) is 0 Å². The molecule has 1 aromatic carbocycles. The number of aryl methyl sites for hydroxylation is 2. The largest absolute Gasteiger partial charge is 0.439 e. The van der Waals surface area contributed by atoms with Crippen molar-refractivity contribution in [2.75, 3.05) is 7.05 Å². The van der Waals surface area contributed by atoms with Crippen molar-refractivity contribution >= 4 is 0 Å². The summed E-state index contributed by atoms with van der Waals surface area (Å²) in [6.45, 7) is 6.97. The van der Waals surface area contributed by atoms with Crippen molar-refractivity contribution in [3.05, 3.63) is 52.7 Å². The lowest BCUT2D eigenvalue weighted by Crippen LogP contribution is -2.07. The lowest BCUT2D eigenvalue weighted by molar-refractivity contribution is 0.457. The van der Waals surface area contributed by atoms with Crippen LogP contribution in [0.15, 0.2) is 30.3 Å². The van der Waals surface area contributed by atoms with E-state index in [0.29, 0.717) is 5.88 Å². The molecule has 100 valence electrons. The first kappa shape index (κ1) is 13.6. The highest BCUT2D eigenvalue weighted by Crippen LogP contribution is 2.26. The predicted molar refractivity (Wildman–Crippen MR) is 77.7 cm³/mol. The van der Waals surface area contributed by atoms with Crippen LogP contribution >= 0.6 is 0 Å². The van der Waals surface area contributed by atoms with E-state index in [2.05, 4.69) is 36.3 Å². The first-order valence-corrected chi connectivity index (χ1v) is 6.47. The molecule has 0 aliphatic carbocycles. The molecule has 0 amide bonds. The van der Waals surface area contributed by atoms with Crippen molar-refractivity contribution < 1.29 is 4.74 Å². The fourth-order valence-electron chi connectivity index (χ4n) is 1.95. The summed E-state index contributed by atoms with van der Waals surface area (Å²) in [6, 6.07) is 10.0. The molecule has 0 atom stereocenters. The summed E-state index contributed by atoms with van der Waals surface area (Å²) in [5, 5.41) is 3.13. The van der Waals surface area contributed by atoms with Gasteiger partial charge in [-0.15, -0.1) is 0 Å². The van der Waals surface area contributed by atoms with Gasteiger partial charge in [-0.05, 0) is 50.6 Å². The van der Waals surface area contributed by atoms with Gasteiger partial charge in [-0.2, -0.15) is 0 Å². The van der Waals surface area contributed by atoms with E-state index in [9.17, 15) is 0 Å². The number of nitrogens with one attached hydrogen (secondary N) is 1. The molecule has 0 saturated heterocycles. The van der Waals surface area contributed by atoms with Crippen LogP contribution in [0.1, 0.15) is 22.4 Å². The summed E-state index contributed by atoms with van der Waals surface area (Å²) in [6.07, 6.45) is 0. The summed E-state index contributed by atoms with van der Waals surface area (Å²) in [5.74, 6) is 1.51. The number of nitrogens with zero attached hydrogens (tertiary/aromatic N) is 1. The molecule has 2 aromatic rings. The van der Waals surface area contributed by atoms with Crippen LogP contribution in [0.4, 0.5) is 0 Å². The van der Waals surface area contributed by atoms with Gasteiger partial charge in [0.2, 0.25) is 5.88 Å². The summed E-state index contributed by atoms with van der Waals surface area (Å²) in [7, 11) is 1.93. The van der Waals surface area contributed by atoms with Gasteiger partial charge in [-0.3, -0.25) is 0 Å². The van der Waals surface area contributed by atoms with Gasteiger partial charge in [0.05, 0.1) is 0 Å². The number of benzene rings is 1. The Bertz CT molecular complexity index is 579. The Hall–Kier alpha value is -1.87. The maximum absolute atomic E-state index is 5.87. The third-order valence-electron chi connectivity index (χ3n) is 3.31. The molecule has 0 aliphatic rings. The minimum Gasteiger partial charge on any atom is -0.439 e. The summed E-state index contributed by atoms with van der Waals surface area (Å²) in [4.78, 5) is 4.50. The maximum atomic E-state index is 5.87. The highest BCUT2D eigenvalue weighted by Gasteiger charge is 2.06. The molecule has 0 aliphatic heterocycles. The van der Waals surface area contributed by atoms with Crippen molar-refractivity contribution in [3.63, 3.8) is 0 Å². The van der Waals surface area contributed by atoms with Crippen LogP contribution in [-0.4, -0.2) is 12.0 Å². The van der Waals surface area contributed by atoms with Gasteiger partial charge in [-0.1, -0.05) is 18.2 Å². The average Bonchev–Trinajstić information content (AvgIpc) is 2.38. The number of hydrogen-bond donors (Lipinski definition) is 1. The second kappa shape index (κ2) is 5.85. The molecule has 3 heteroatoms. The van der Waals surface area contributed by atoms with Crippen molar-refractivity contribution in [1.29, 1.82) is 0 Å². The van der Waals surface area contributed by atoms with E-state index in [1.807, 2.05) is 32.2 Å². The van der Waals surface area contributed by atoms with Gasteiger partial charge >= 0.3 is 0 Å². The smallest absolute Gasteiger partial charge is 0.219 e. The fraction of sp³-hybridized carbons (Fsp3) is 0.312. The molecule has 19 heavy (non-hydrogen) atoms. The molecular weight excluding hydrogens is 236 g/mol. The molecular formula is C16H20N2O. The molecule has 2 rings (SSSR count). The second-order valence-electron chi connectivity index (χ2n) is 4.72. The number of rotatable bonds is 4. The van der Waals surface area contributed by atoms with Crippen molar-refractivity contribution in [2.24, 2.45) is 0 Å². The predicted octanol–water partition coefficient (Wildman–Crippen LogP) is 3.52. The van der Waals surface area contributed by atoms with Gasteiger partial charge in [-0.25, -0.2) is 4.98 Å². The first-order chi connectivity index (χ1) is 9.11. The highest BCUT2D eigenvalue weighted by atomic mass is 16.5. The van der Waals surface area contributed by atoms with E-state index in [4.69, 9.17) is 4.74 Å². The van der Waals surface area contributed by atoms with Crippen molar-refractivity contribution in [1.82, 2.24) is 10.3 Å². The third-order valence-corrected chi connectivity index (χ3v) is 3.31. The van der Waals surface area contributed by atoms with E-state index in [1.165, 1.54) is 11.1 Å². The average molecular weight is 256 g/mol. The Balaban J connectivity index is 2.24. The Labute approximate surface area is 114 Å². The van der Waals surface area contributed by atoms with E-state index in [1.54, 1.807) is 0 Å². The van der Waals surface area contributed by atoms with Crippen LogP contribution in [0, 0.1) is 20.8 Å². The second-order valence-corrected chi connectivity index (χ2v) is 4.72. The van der Waals surface area contributed by atoms with Gasteiger partial charge in [0.25, 0.3) is 0 Å². The Morgan fingerprint density at radius 3 is 2.58 bits per heavy atom. The molecule has 3 nitrogen and oxygen atoms in total. The third kappa shape index (κ3) is 3.12. The van der Waals surface area contributed by atoms with Crippen LogP contribution < -0.4 is 10.1 Å². The minimum absolute atomic E-state index is 0.644. The van der Waals surface area contributed by atoms with Crippen LogP contribution in [0.25, 0.3) is 0 Å². The molecule has 0 radical (unpaired) electrons. The number of aromatic nitrogens is 1. The normalized spacial score (nSPS) is 10.5. The SMILES string of the molecule is CNCc1ccc(Oc2cccc(C)c2C)nc1C. The zero-order valence-electron chi connectivity index (χ0n) is 11.9. The maximum Gasteiger partial charge on any atom is 0.219 e. The van der Waals surface area contributed by atoms with Crippen LogP contribution in [0.2, 0.25) is 0 Å². The Morgan fingerprint density at radius 1 is 1.11 bits per heavy atom. The summed E-state index contributed by atoms with van der Waals surface area (Å²) < 4.78 is 5.87. The molecule has 0 fully saturated rings. The van der Waals surface area contributed by atoms with Crippen LogP contribution in [0.3, 0.4) is 0 Å². The number of ether oxygens (including phenoxy) is 1. The van der Waals surface area contributed by atoms with Crippen molar-refractivity contribution in [2.45, 2.75) is 27.3 Å². The number of pyridine rings is 1. The van der Waals surface area contributed by atoms with E-state index in [-0.39, 0.29) is 0 Å². The van der Waals surface area contributed by atoms with Gasteiger partial charge in [0, 0.05) is 18.3 Å². The highest BCUT2D eigenvalue weighted by molar-refractivity contribution is 5.40. The fourth-order valence-corrected chi connectivity index (χ4v) is 1.95. The summed E-state index contributed by atoms with van der Waals surface area (Å²) >= 11 is 0. The molecule has 1 heterocycles. The van der Waals surface area contributed by atoms with E-state index < -0.39 is 0 Å². The lowest BCUT2D eigenvalue weighted by Gasteiger charge is -2.11. The molecule has 0 saturated carbocycles. The molecule has 0 spiro atoms. The zero-order valence-corrected chi connectivity index (χ0v) is 11.9. The molecule has 0 unspecified atom stereocenters. The standard InChI is InChI=1S/C16H20N2O/c1-11-6-5-7-15(12(11)2)19-16-9-8-14(10-17-4)13(3)18-16/h5-9,17H,10H2,1-4H3. The Kier molecular flexibility index (Phi) is 4.17.